The lowest BCUT2D eigenvalue weighted by atomic mass is 10.2. The molecule has 0 atom stereocenters. The van der Waals surface area contributed by atoms with Gasteiger partial charge in [-0.3, -0.25) is 0 Å². The molecule has 0 unspecified atom stereocenters. The molecule has 0 bridgehead atoms. The first-order valence-corrected chi connectivity index (χ1v) is 5.37. The fraction of sp³-hybridized carbons (Fsp3) is 1.00. The Morgan fingerprint density at radius 1 is 1.00 bits per heavy atom. The molecule has 0 aromatic carbocycles. The van der Waals surface area contributed by atoms with Gasteiger partial charge in [-0.15, -0.1) is 0 Å². The van der Waals surface area contributed by atoms with Gasteiger partial charge < -0.3 is 15.1 Å². The zero-order chi connectivity index (χ0) is 9.52. The second kappa shape index (κ2) is 6.35. The molecule has 2 N–H and O–H groups in total. The van der Waals surface area contributed by atoms with Gasteiger partial charge in [0.1, 0.15) is 0 Å². The summed E-state index contributed by atoms with van der Waals surface area (Å²) in [6, 6.07) is 0. The molecule has 1 fully saturated rings. The van der Waals surface area contributed by atoms with Crippen LogP contribution in [0.5, 0.6) is 0 Å². The Balaban J connectivity index is 1.83. The summed E-state index contributed by atoms with van der Waals surface area (Å²) in [6.45, 7) is 3.73. The highest BCUT2D eigenvalue weighted by Crippen LogP contribution is 2.09. The Labute approximate surface area is 80.4 Å². The molecule has 1 saturated heterocycles. The number of likely N-dealkylation sites (tertiary alicyclic amines) is 1. The van der Waals surface area contributed by atoms with Gasteiger partial charge in [0.15, 0.2) is 6.29 Å². The minimum absolute atomic E-state index is 0.528. The van der Waals surface area contributed by atoms with Gasteiger partial charge in [-0.1, -0.05) is 6.42 Å². The maximum Gasteiger partial charge on any atom is 0.151 e. The highest BCUT2D eigenvalue weighted by molar-refractivity contribution is 4.65. The van der Waals surface area contributed by atoms with E-state index in [2.05, 4.69) is 4.90 Å². The molecule has 0 aliphatic carbocycles. The number of unbranched alkanes of at least 4 members (excludes halogenated alkanes) is 2. The van der Waals surface area contributed by atoms with Gasteiger partial charge in [-0.05, 0) is 51.7 Å². The summed E-state index contributed by atoms with van der Waals surface area (Å²) in [5, 5.41) is 17.2. The Hall–Kier alpha value is -0.120. The van der Waals surface area contributed by atoms with Crippen LogP contribution in [-0.4, -0.2) is 41.0 Å². The van der Waals surface area contributed by atoms with E-state index >= 15 is 0 Å². The van der Waals surface area contributed by atoms with Gasteiger partial charge in [-0.2, -0.15) is 0 Å². The minimum Gasteiger partial charge on any atom is -0.368 e. The van der Waals surface area contributed by atoms with Crippen molar-refractivity contribution in [3.8, 4) is 0 Å². The summed E-state index contributed by atoms with van der Waals surface area (Å²) >= 11 is 0. The van der Waals surface area contributed by atoms with Crippen LogP contribution in [0.15, 0.2) is 0 Å². The van der Waals surface area contributed by atoms with Crippen LogP contribution in [0.2, 0.25) is 0 Å². The first kappa shape index (κ1) is 11.0. The number of aliphatic hydroxyl groups excluding tert-OH is 1. The van der Waals surface area contributed by atoms with Crippen molar-refractivity contribution in [1.29, 1.82) is 0 Å². The van der Waals surface area contributed by atoms with E-state index in [-0.39, 0.29) is 0 Å². The highest BCUT2D eigenvalue weighted by atomic mass is 16.5. The predicted molar refractivity (Wildman–Crippen MR) is 52.4 cm³/mol. The van der Waals surface area contributed by atoms with Crippen LogP contribution < -0.4 is 0 Å². The third-order valence-corrected chi connectivity index (χ3v) is 2.64. The van der Waals surface area contributed by atoms with Crippen molar-refractivity contribution in [2.45, 2.75) is 44.8 Å². The molecular formula is C10H21NO2. The fourth-order valence-electron chi connectivity index (χ4n) is 1.85. The average molecular weight is 187 g/mol. The fourth-order valence-corrected chi connectivity index (χ4v) is 1.85. The quantitative estimate of drug-likeness (QED) is 0.481. The van der Waals surface area contributed by atoms with E-state index in [9.17, 15) is 0 Å². The lowest BCUT2D eigenvalue weighted by Gasteiger charge is -2.13. The van der Waals surface area contributed by atoms with E-state index < -0.39 is 6.29 Å². The summed E-state index contributed by atoms with van der Waals surface area (Å²) < 4.78 is 0. The maximum atomic E-state index is 8.61. The van der Waals surface area contributed by atoms with Crippen molar-refractivity contribution in [2.75, 3.05) is 19.6 Å². The molecule has 0 spiro atoms. The molecular weight excluding hydrogens is 166 g/mol. The molecule has 0 saturated carbocycles. The molecule has 0 aromatic rings. The summed E-state index contributed by atoms with van der Waals surface area (Å²) in [5.41, 5.74) is 0. The lowest BCUT2D eigenvalue weighted by molar-refractivity contribution is -0.0466. The van der Waals surface area contributed by atoms with Crippen molar-refractivity contribution in [2.24, 2.45) is 0 Å². The SMILES string of the molecule is OC(O)CCCCCN1CCCC1. The summed E-state index contributed by atoms with van der Waals surface area (Å²) in [4.78, 5) is 2.50. The maximum absolute atomic E-state index is 8.61. The van der Waals surface area contributed by atoms with Crippen LogP contribution in [0.4, 0.5) is 0 Å². The van der Waals surface area contributed by atoms with E-state index in [0.717, 1.165) is 12.8 Å². The van der Waals surface area contributed by atoms with Crippen LogP contribution in [0.1, 0.15) is 38.5 Å². The van der Waals surface area contributed by atoms with Crippen molar-refractivity contribution in [3.05, 3.63) is 0 Å². The second-order valence-electron chi connectivity index (χ2n) is 3.88. The standard InChI is InChI=1S/C10H21NO2/c12-10(13)6-2-1-3-7-11-8-4-5-9-11/h10,12-13H,1-9H2. The minimum atomic E-state index is -1.10. The van der Waals surface area contributed by atoms with Gasteiger partial charge in [-0.25, -0.2) is 0 Å². The molecule has 78 valence electrons. The first-order chi connectivity index (χ1) is 6.29. The lowest BCUT2D eigenvalue weighted by Crippen LogP contribution is -2.20. The number of hydrogen-bond donors (Lipinski definition) is 2. The highest BCUT2D eigenvalue weighted by Gasteiger charge is 2.09. The third-order valence-electron chi connectivity index (χ3n) is 2.64. The van der Waals surface area contributed by atoms with E-state index in [1.807, 2.05) is 0 Å². The Morgan fingerprint density at radius 3 is 2.31 bits per heavy atom. The molecule has 13 heavy (non-hydrogen) atoms. The van der Waals surface area contributed by atoms with Crippen LogP contribution >= 0.6 is 0 Å². The van der Waals surface area contributed by atoms with E-state index in [4.69, 9.17) is 10.2 Å². The third kappa shape index (κ3) is 5.24. The Bertz CT molecular complexity index is 122. The molecule has 1 aliphatic heterocycles. The molecule has 0 radical (unpaired) electrons. The summed E-state index contributed by atoms with van der Waals surface area (Å²) in [6.07, 6.45) is 5.39. The van der Waals surface area contributed by atoms with Gasteiger partial charge in [0.2, 0.25) is 0 Å². The number of aliphatic hydroxyl groups is 2. The molecule has 1 aliphatic rings. The molecule has 1 heterocycles. The van der Waals surface area contributed by atoms with Crippen molar-refractivity contribution in [1.82, 2.24) is 4.90 Å². The molecule has 0 amide bonds. The monoisotopic (exact) mass is 187 g/mol. The zero-order valence-electron chi connectivity index (χ0n) is 8.28. The van der Waals surface area contributed by atoms with E-state index in [1.54, 1.807) is 0 Å². The van der Waals surface area contributed by atoms with Crippen molar-refractivity contribution in [3.63, 3.8) is 0 Å². The summed E-state index contributed by atoms with van der Waals surface area (Å²) in [5.74, 6) is 0. The average Bonchev–Trinajstić information content (AvgIpc) is 2.55. The smallest absolute Gasteiger partial charge is 0.151 e. The van der Waals surface area contributed by atoms with Crippen LogP contribution in [0.3, 0.4) is 0 Å². The Morgan fingerprint density at radius 2 is 1.69 bits per heavy atom. The summed E-state index contributed by atoms with van der Waals surface area (Å²) in [7, 11) is 0. The van der Waals surface area contributed by atoms with Crippen LogP contribution in [-0.2, 0) is 0 Å². The van der Waals surface area contributed by atoms with E-state index in [0.29, 0.717) is 6.42 Å². The molecule has 1 rings (SSSR count). The van der Waals surface area contributed by atoms with Crippen molar-refractivity contribution < 1.29 is 10.2 Å². The largest absolute Gasteiger partial charge is 0.368 e. The van der Waals surface area contributed by atoms with Crippen LogP contribution in [0.25, 0.3) is 0 Å². The second-order valence-corrected chi connectivity index (χ2v) is 3.88. The zero-order valence-corrected chi connectivity index (χ0v) is 8.28. The predicted octanol–water partition coefficient (Wildman–Crippen LogP) is 0.953. The number of nitrogens with zero attached hydrogens (tertiary/aromatic N) is 1. The van der Waals surface area contributed by atoms with Gasteiger partial charge in [0.25, 0.3) is 0 Å². The topological polar surface area (TPSA) is 43.7 Å². The molecule has 3 heteroatoms. The van der Waals surface area contributed by atoms with Gasteiger partial charge >= 0.3 is 0 Å². The first-order valence-electron chi connectivity index (χ1n) is 5.37. The number of hydrogen-bond acceptors (Lipinski definition) is 3. The van der Waals surface area contributed by atoms with Crippen molar-refractivity contribution >= 4 is 0 Å². The van der Waals surface area contributed by atoms with Gasteiger partial charge in [0, 0.05) is 0 Å². The van der Waals surface area contributed by atoms with Gasteiger partial charge in [0.05, 0.1) is 0 Å². The molecule has 0 aromatic heterocycles. The number of rotatable bonds is 6. The normalized spacial score (nSPS) is 18.7. The van der Waals surface area contributed by atoms with E-state index in [1.165, 1.54) is 38.9 Å². The Kier molecular flexibility index (Phi) is 5.35. The van der Waals surface area contributed by atoms with Crippen LogP contribution in [0, 0.1) is 0 Å². The molecule has 3 nitrogen and oxygen atoms in total.